The molecule has 3 aromatic rings. The molecule has 19 heavy (non-hydrogen) atoms. The summed E-state index contributed by atoms with van der Waals surface area (Å²) in [5.74, 6) is -1.55. The summed E-state index contributed by atoms with van der Waals surface area (Å²) in [7, 11) is 0. The molecule has 0 aliphatic carbocycles. The SMILES string of the molecule is Fc1cc2nc(-c3ccccc3)nc(Cl)c2cc1F. The van der Waals surface area contributed by atoms with Gasteiger partial charge in [-0.05, 0) is 6.07 Å². The molecule has 0 saturated carbocycles. The molecule has 0 atom stereocenters. The summed E-state index contributed by atoms with van der Waals surface area (Å²) in [4.78, 5) is 8.31. The van der Waals surface area contributed by atoms with Crippen molar-refractivity contribution in [3.8, 4) is 11.4 Å². The van der Waals surface area contributed by atoms with E-state index in [0.29, 0.717) is 11.2 Å². The van der Waals surface area contributed by atoms with Gasteiger partial charge in [0.1, 0.15) is 5.15 Å². The lowest BCUT2D eigenvalue weighted by atomic mass is 10.2. The van der Waals surface area contributed by atoms with Crippen LogP contribution in [0.5, 0.6) is 0 Å². The van der Waals surface area contributed by atoms with Crippen molar-refractivity contribution < 1.29 is 8.78 Å². The standard InChI is InChI=1S/C14H7ClF2N2/c15-13-9-6-10(16)11(17)7-12(9)18-14(19-13)8-4-2-1-3-5-8/h1-7H. The smallest absolute Gasteiger partial charge is 0.161 e. The van der Waals surface area contributed by atoms with Crippen molar-refractivity contribution in [2.24, 2.45) is 0 Å². The van der Waals surface area contributed by atoms with Crippen LogP contribution in [0.25, 0.3) is 22.3 Å². The van der Waals surface area contributed by atoms with Crippen LogP contribution < -0.4 is 0 Å². The lowest BCUT2D eigenvalue weighted by Gasteiger charge is -2.05. The van der Waals surface area contributed by atoms with Crippen LogP contribution in [-0.2, 0) is 0 Å². The first kappa shape index (κ1) is 12.0. The number of fused-ring (bicyclic) bond motifs is 1. The van der Waals surface area contributed by atoms with Gasteiger partial charge in [0, 0.05) is 17.0 Å². The minimum atomic E-state index is -0.967. The Hall–Kier alpha value is -2.07. The Morgan fingerprint density at radius 1 is 0.895 bits per heavy atom. The first-order valence-corrected chi connectivity index (χ1v) is 5.90. The fourth-order valence-electron chi connectivity index (χ4n) is 1.80. The van der Waals surface area contributed by atoms with Crippen molar-refractivity contribution in [3.05, 3.63) is 59.3 Å². The molecule has 5 heteroatoms. The average Bonchev–Trinajstić information content (AvgIpc) is 2.42. The summed E-state index contributed by atoms with van der Waals surface area (Å²) in [5, 5.41) is 0.392. The molecule has 0 amide bonds. The maximum Gasteiger partial charge on any atom is 0.161 e. The molecule has 1 aromatic heterocycles. The van der Waals surface area contributed by atoms with E-state index in [-0.39, 0.29) is 10.7 Å². The van der Waals surface area contributed by atoms with Gasteiger partial charge in [0.15, 0.2) is 17.5 Å². The van der Waals surface area contributed by atoms with Gasteiger partial charge in [-0.2, -0.15) is 0 Å². The van der Waals surface area contributed by atoms with Crippen molar-refractivity contribution in [3.63, 3.8) is 0 Å². The lowest BCUT2D eigenvalue weighted by molar-refractivity contribution is 0.510. The number of hydrogen-bond donors (Lipinski definition) is 0. The Morgan fingerprint density at radius 3 is 2.32 bits per heavy atom. The highest BCUT2D eigenvalue weighted by Gasteiger charge is 2.11. The second-order valence-electron chi connectivity index (χ2n) is 3.99. The fourth-order valence-corrected chi connectivity index (χ4v) is 2.03. The van der Waals surface area contributed by atoms with Crippen LogP contribution in [0.2, 0.25) is 5.15 Å². The molecule has 94 valence electrons. The topological polar surface area (TPSA) is 25.8 Å². The summed E-state index contributed by atoms with van der Waals surface area (Å²) in [6.45, 7) is 0. The van der Waals surface area contributed by atoms with E-state index in [0.717, 1.165) is 17.7 Å². The zero-order valence-corrected chi connectivity index (χ0v) is 10.3. The fraction of sp³-hybridized carbons (Fsp3) is 0. The van der Waals surface area contributed by atoms with E-state index in [4.69, 9.17) is 11.6 Å². The normalized spacial score (nSPS) is 10.9. The molecular weight excluding hydrogens is 270 g/mol. The van der Waals surface area contributed by atoms with E-state index < -0.39 is 11.6 Å². The minimum Gasteiger partial charge on any atom is -0.228 e. The zero-order chi connectivity index (χ0) is 13.4. The second kappa shape index (κ2) is 4.55. The van der Waals surface area contributed by atoms with Crippen LogP contribution in [-0.4, -0.2) is 9.97 Å². The molecule has 0 fully saturated rings. The summed E-state index contributed by atoms with van der Waals surface area (Å²) in [6.07, 6.45) is 0. The third kappa shape index (κ3) is 2.15. The number of nitrogens with zero attached hydrogens (tertiary/aromatic N) is 2. The van der Waals surface area contributed by atoms with Crippen molar-refractivity contribution in [1.82, 2.24) is 9.97 Å². The number of hydrogen-bond acceptors (Lipinski definition) is 2. The molecule has 0 spiro atoms. The second-order valence-corrected chi connectivity index (χ2v) is 4.35. The number of benzene rings is 2. The number of halogens is 3. The van der Waals surface area contributed by atoms with Gasteiger partial charge in [0.05, 0.1) is 5.52 Å². The van der Waals surface area contributed by atoms with Crippen LogP contribution in [0.15, 0.2) is 42.5 Å². The monoisotopic (exact) mass is 276 g/mol. The number of rotatable bonds is 1. The Morgan fingerprint density at radius 2 is 1.58 bits per heavy atom. The van der Waals surface area contributed by atoms with Gasteiger partial charge in [0.2, 0.25) is 0 Å². The third-order valence-electron chi connectivity index (χ3n) is 2.72. The molecule has 0 unspecified atom stereocenters. The molecule has 1 heterocycles. The molecular formula is C14H7ClF2N2. The first-order valence-electron chi connectivity index (χ1n) is 5.53. The Labute approximate surface area is 112 Å². The molecule has 0 N–H and O–H groups in total. The lowest BCUT2D eigenvalue weighted by Crippen LogP contribution is -1.94. The van der Waals surface area contributed by atoms with Gasteiger partial charge >= 0.3 is 0 Å². The van der Waals surface area contributed by atoms with Gasteiger partial charge in [-0.3, -0.25) is 0 Å². The molecule has 0 aliphatic rings. The third-order valence-corrected chi connectivity index (χ3v) is 3.01. The van der Waals surface area contributed by atoms with Gasteiger partial charge in [-0.1, -0.05) is 41.9 Å². The maximum atomic E-state index is 13.2. The average molecular weight is 277 g/mol. The Kier molecular flexibility index (Phi) is 2.87. The molecule has 0 bridgehead atoms. The van der Waals surface area contributed by atoms with Gasteiger partial charge in [0.25, 0.3) is 0 Å². The molecule has 0 radical (unpaired) electrons. The molecule has 0 saturated heterocycles. The highest BCUT2D eigenvalue weighted by molar-refractivity contribution is 6.34. The van der Waals surface area contributed by atoms with Crippen molar-refractivity contribution >= 4 is 22.5 Å². The largest absolute Gasteiger partial charge is 0.228 e. The highest BCUT2D eigenvalue weighted by Crippen LogP contribution is 2.26. The zero-order valence-electron chi connectivity index (χ0n) is 9.57. The number of aromatic nitrogens is 2. The molecule has 0 aliphatic heterocycles. The molecule has 2 nitrogen and oxygen atoms in total. The van der Waals surface area contributed by atoms with E-state index in [9.17, 15) is 8.78 Å². The summed E-state index contributed by atoms with van der Waals surface area (Å²) >= 11 is 6.00. The van der Waals surface area contributed by atoms with Gasteiger partial charge in [-0.25, -0.2) is 18.7 Å². The van der Waals surface area contributed by atoms with E-state index in [2.05, 4.69) is 9.97 Å². The van der Waals surface area contributed by atoms with Crippen molar-refractivity contribution in [1.29, 1.82) is 0 Å². The Bertz CT molecular complexity index is 760. The van der Waals surface area contributed by atoms with Crippen LogP contribution in [0, 0.1) is 11.6 Å². The quantitative estimate of drug-likeness (QED) is 0.622. The van der Waals surface area contributed by atoms with E-state index in [1.165, 1.54) is 0 Å². The van der Waals surface area contributed by atoms with E-state index >= 15 is 0 Å². The minimum absolute atomic E-state index is 0.0998. The summed E-state index contributed by atoms with van der Waals surface area (Å²) in [5.41, 5.74) is 1.04. The van der Waals surface area contributed by atoms with Gasteiger partial charge in [-0.15, -0.1) is 0 Å². The van der Waals surface area contributed by atoms with Crippen LogP contribution in [0.1, 0.15) is 0 Å². The van der Waals surface area contributed by atoms with E-state index in [1.807, 2.05) is 30.3 Å². The Balaban J connectivity index is 2.28. The predicted molar refractivity (Wildman–Crippen MR) is 69.9 cm³/mol. The van der Waals surface area contributed by atoms with Gasteiger partial charge < -0.3 is 0 Å². The van der Waals surface area contributed by atoms with Crippen LogP contribution >= 0.6 is 11.6 Å². The highest BCUT2D eigenvalue weighted by atomic mass is 35.5. The summed E-state index contributed by atoms with van der Waals surface area (Å²) in [6, 6.07) is 11.2. The molecule has 2 aromatic carbocycles. The van der Waals surface area contributed by atoms with Crippen molar-refractivity contribution in [2.45, 2.75) is 0 Å². The van der Waals surface area contributed by atoms with Crippen LogP contribution in [0.4, 0.5) is 8.78 Å². The van der Waals surface area contributed by atoms with Crippen LogP contribution in [0.3, 0.4) is 0 Å². The molecule has 3 rings (SSSR count). The van der Waals surface area contributed by atoms with E-state index in [1.54, 1.807) is 0 Å². The maximum absolute atomic E-state index is 13.2. The predicted octanol–water partition coefficient (Wildman–Crippen LogP) is 4.23. The van der Waals surface area contributed by atoms with Crippen molar-refractivity contribution in [2.75, 3.05) is 0 Å². The summed E-state index contributed by atoms with van der Waals surface area (Å²) < 4.78 is 26.4. The first-order chi connectivity index (χ1) is 9.15.